The van der Waals surface area contributed by atoms with E-state index in [9.17, 15) is 9.65 Å². The molecule has 0 aliphatic carbocycles. The fraction of sp³-hybridized carbons (Fsp3) is 0.160. The molecule has 0 aliphatic rings. The number of halogens is 2. The number of benzene rings is 3. The van der Waals surface area contributed by atoms with Crippen molar-refractivity contribution in [1.82, 2.24) is 0 Å². The van der Waals surface area contributed by atoms with Crippen LogP contribution in [0.3, 0.4) is 0 Å². The lowest BCUT2D eigenvalue weighted by atomic mass is 10.0. The Labute approximate surface area is 184 Å². The number of nitriles is 1. The highest BCUT2D eigenvalue weighted by atomic mass is 79.9. The molecule has 0 aromatic heterocycles. The minimum absolute atomic E-state index is 0.232. The lowest BCUT2D eigenvalue weighted by Gasteiger charge is -2.15. The second-order valence-corrected chi connectivity index (χ2v) is 7.54. The monoisotopic (exact) mass is 465 g/mol. The topological polar surface area (TPSA) is 42.2 Å². The Morgan fingerprint density at radius 1 is 1.10 bits per heavy atom. The van der Waals surface area contributed by atoms with E-state index in [1.165, 1.54) is 6.07 Å². The molecular weight excluding hydrogens is 445 g/mol. The lowest BCUT2D eigenvalue weighted by Crippen LogP contribution is -2.01. The van der Waals surface area contributed by atoms with Crippen LogP contribution in [0.4, 0.5) is 4.39 Å². The van der Waals surface area contributed by atoms with Crippen molar-refractivity contribution in [3.63, 3.8) is 0 Å². The van der Waals surface area contributed by atoms with Gasteiger partial charge in [-0.25, -0.2) is 4.39 Å². The van der Waals surface area contributed by atoms with Crippen molar-refractivity contribution in [2.24, 2.45) is 0 Å². The van der Waals surface area contributed by atoms with Crippen molar-refractivity contribution >= 4 is 27.6 Å². The van der Waals surface area contributed by atoms with Gasteiger partial charge in [0.2, 0.25) is 0 Å². The van der Waals surface area contributed by atoms with Gasteiger partial charge in [0, 0.05) is 5.56 Å². The third-order valence-electron chi connectivity index (χ3n) is 4.39. The van der Waals surface area contributed by atoms with Crippen molar-refractivity contribution in [1.29, 1.82) is 5.26 Å². The maximum absolute atomic E-state index is 14.1. The summed E-state index contributed by atoms with van der Waals surface area (Å²) < 4.78 is 26.6. The summed E-state index contributed by atoms with van der Waals surface area (Å²) in [6.45, 7) is 4.78. The first-order valence-electron chi connectivity index (χ1n) is 9.53. The smallest absolute Gasteiger partial charge is 0.175 e. The molecule has 0 unspecified atom stereocenters. The first kappa shape index (κ1) is 21.6. The van der Waals surface area contributed by atoms with E-state index in [4.69, 9.17) is 9.47 Å². The second kappa shape index (κ2) is 10.1. The van der Waals surface area contributed by atoms with Crippen LogP contribution in [0.5, 0.6) is 11.5 Å². The third-order valence-corrected chi connectivity index (χ3v) is 4.98. The molecule has 0 amide bonds. The molecule has 0 bridgehead atoms. The van der Waals surface area contributed by atoms with Gasteiger partial charge in [-0.1, -0.05) is 48.0 Å². The zero-order valence-corrected chi connectivity index (χ0v) is 18.4. The van der Waals surface area contributed by atoms with E-state index in [0.717, 1.165) is 11.1 Å². The fourth-order valence-electron chi connectivity index (χ4n) is 3.05. The maximum atomic E-state index is 14.1. The number of aryl methyl sites for hydroxylation is 1. The van der Waals surface area contributed by atoms with Crippen molar-refractivity contribution < 1.29 is 13.9 Å². The number of allylic oxidation sites excluding steroid dienone is 1. The van der Waals surface area contributed by atoms with Gasteiger partial charge in [-0.15, -0.1) is 0 Å². The van der Waals surface area contributed by atoms with Crippen LogP contribution in [0.15, 0.2) is 65.1 Å². The summed E-state index contributed by atoms with van der Waals surface area (Å²) in [6.07, 6.45) is 1.63. The lowest BCUT2D eigenvalue weighted by molar-refractivity contribution is 0.267. The first-order valence-corrected chi connectivity index (χ1v) is 10.3. The van der Waals surface area contributed by atoms with E-state index < -0.39 is 5.82 Å². The van der Waals surface area contributed by atoms with Crippen molar-refractivity contribution in [2.45, 2.75) is 20.5 Å². The minimum Gasteiger partial charge on any atom is -0.490 e. The summed E-state index contributed by atoms with van der Waals surface area (Å²) in [5, 5.41) is 9.54. The molecule has 0 spiro atoms. The maximum Gasteiger partial charge on any atom is 0.175 e. The molecule has 0 fully saturated rings. The first-order chi connectivity index (χ1) is 14.5. The van der Waals surface area contributed by atoms with Crippen LogP contribution < -0.4 is 9.47 Å². The van der Waals surface area contributed by atoms with Gasteiger partial charge < -0.3 is 9.47 Å². The van der Waals surface area contributed by atoms with E-state index in [1.807, 2.05) is 38.1 Å². The summed E-state index contributed by atoms with van der Waals surface area (Å²) in [7, 11) is 0. The van der Waals surface area contributed by atoms with Crippen LogP contribution in [0.1, 0.15) is 29.2 Å². The average Bonchev–Trinajstić information content (AvgIpc) is 2.72. The van der Waals surface area contributed by atoms with E-state index in [-0.39, 0.29) is 11.1 Å². The standard InChI is InChI=1S/C25H21BrFNO2/c1-3-29-24-14-19(12-20(15-28)21-9-4-5-10-23(21)27)13-22(26)25(24)30-16-18-8-6-7-17(2)11-18/h4-14H,3,16H2,1-2H3. The summed E-state index contributed by atoms with van der Waals surface area (Å²) in [4.78, 5) is 0. The molecule has 0 saturated carbocycles. The molecule has 3 aromatic rings. The number of hydrogen-bond acceptors (Lipinski definition) is 3. The summed E-state index contributed by atoms with van der Waals surface area (Å²) in [5.41, 5.74) is 3.41. The van der Waals surface area contributed by atoms with Crippen LogP contribution >= 0.6 is 15.9 Å². The minimum atomic E-state index is -0.437. The quantitative estimate of drug-likeness (QED) is 0.280. The SMILES string of the molecule is CCOc1cc(C=C(C#N)c2ccccc2F)cc(Br)c1OCc1cccc(C)c1. The van der Waals surface area contributed by atoms with Gasteiger partial charge in [-0.05, 0) is 65.2 Å². The van der Waals surface area contributed by atoms with E-state index in [2.05, 4.69) is 28.1 Å². The van der Waals surface area contributed by atoms with Crippen LogP contribution in [0, 0.1) is 24.1 Å². The Kier molecular flexibility index (Phi) is 7.26. The van der Waals surface area contributed by atoms with Gasteiger partial charge in [0.15, 0.2) is 11.5 Å². The zero-order valence-electron chi connectivity index (χ0n) is 16.8. The molecule has 152 valence electrons. The Balaban J connectivity index is 1.94. The second-order valence-electron chi connectivity index (χ2n) is 6.69. The Morgan fingerprint density at radius 3 is 2.60 bits per heavy atom. The van der Waals surface area contributed by atoms with Crippen molar-refractivity contribution in [2.75, 3.05) is 6.61 Å². The van der Waals surface area contributed by atoms with Crippen molar-refractivity contribution in [3.05, 3.63) is 93.2 Å². The number of ether oxygens (including phenoxy) is 2. The summed E-state index contributed by atoms with van der Waals surface area (Å²) in [6, 6.07) is 20.0. The molecule has 0 aliphatic heterocycles. The Bertz CT molecular complexity index is 1120. The average molecular weight is 466 g/mol. The van der Waals surface area contributed by atoms with Crippen LogP contribution in [0.25, 0.3) is 11.6 Å². The molecule has 5 heteroatoms. The highest BCUT2D eigenvalue weighted by molar-refractivity contribution is 9.10. The summed E-state index contributed by atoms with van der Waals surface area (Å²) in [5.74, 6) is 0.698. The highest BCUT2D eigenvalue weighted by Crippen LogP contribution is 2.38. The van der Waals surface area contributed by atoms with Gasteiger partial charge in [-0.3, -0.25) is 0 Å². The van der Waals surface area contributed by atoms with Gasteiger partial charge in [0.05, 0.1) is 22.7 Å². The molecule has 0 radical (unpaired) electrons. The Morgan fingerprint density at radius 2 is 1.90 bits per heavy atom. The van der Waals surface area contributed by atoms with Crippen LogP contribution in [-0.2, 0) is 6.61 Å². The molecule has 3 rings (SSSR count). The van der Waals surface area contributed by atoms with Crippen LogP contribution in [0.2, 0.25) is 0 Å². The number of hydrogen-bond donors (Lipinski definition) is 0. The molecule has 0 atom stereocenters. The van der Waals surface area contributed by atoms with E-state index in [0.29, 0.717) is 34.7 Å². The summed E-state index contributed by atoms with van der Waals surface area (Å²) >= 11 is 3.55. The van der Waals surface area contributed by atoms with Gasteiger partial charge in [0.25, 0.3) is 0 Å². The molecule has 0 N–H and O–H groups in total. The molecule has 30 heavy (non-hydrogen) atoms. The number of rotatable bonds is 7. The fourth-order valence-corrected chi connectivity index (χ4v) is 3.62. The Hall–Kier alpha value is -3.10. The van der Waals surface area contributed by atoms with E-state index >= 15 is 0 Å². The number of nitrogens with zero attached hydrogens (tertiary/aromatic N) is 1. The van der Waals surface area contributed by atoms with Crippen molar-refractivity contribution in [3.8, 4) is 17.6 Å². The predicted octanol–water partition coefficient (Wildman–Crippen LogP) is 6.94. The van der Waals surface area contributed by atoms with Gasteiger partial charge in [0.1, 0.15) is 12.4 Å². The molecule has 0 saturated heterocycles. The van der Waals surface area contributed by atoms with Crippen LogP contribution in [-0.4, -0.2) is 6.61 Å². The molecule has 0 heterocycles. The zero-order chi connectivity index (χ0) is 21.5. The largest absolute Gasteiger partial charge is 0.490 e. The highest BCUT2D eigenvalue weighted by Gasteiger charge is 2.14. The van der Waals surface area contributed by atoms with Gasteiger partial charge in [-0.2, -0.15) is 5.26 Å². The van der Waals surface area contributed by atoms with E-state index in [1.54, 1.807) is 30.3 Å². The molecule has 3 nitrogen and oxygen atoms in total. The molecule has 3 aromatic carbocycles. The van der Waals surface area contributed by atoms with Gasteiger partial charge >= 0.3 is 0 Å². The third kappa shape index (κ3) is 5.28. The normalized spacial score (nSPS) is 11.1. The molecular formula is C25H21BrFNO2. The predicted molar refractivity (Wildman–Crippen MR) is 121 cm³/mol.